The van der Waals surface area contributed by atoms with Crippen LogP contribution in [0.1, 0.15) is 38.6 Å². The molecule has 24 heavy (non-hydrogen) atoms. The lowest BCUT2D eigenvalue weighted by Gasteiger charge is -2.31. The van der Waals surface area contributed by atoms with E-state index in [0.717, 1.165) is 24.4 Å². The first-order valence-corrected chi connectivity index (χ1v) is 8.69. The molecule has 0 aromatic carbocycles. The Kier molecular flexibility index (Phi) is 5.14. The van der Waals surface area contributed by atoms with Crippen molar-refractivity contribution in [3.8, 4) is 0 Å². The van der Waals surface area contributed by atoms with Gasteiger partial charge in [-0.05, 0) is 49.3 Å². The first kappa shape index (κ1) is 16.5. The van der Waals surface area contributed by atoms with Crippen molar-refractivity contribution >= 4 is 23.3 Å². The highest BCUT2D eigenvalue weighted by atomic mass is 32.1. The number of aromatic nitrogens is 3. The molecule has 3 heterocycles. The third-order valence-electron chi connectivity index (χ3n) is 4.24. The molecule has 8 heteroatoms. The molecule has 2 aromatic heterocycles. The average Bonchev–Trinajstić information content (AvgIpc) is 3.06. The number of hydrogen-bond donors (Lipinski definition) is 1. The van der Waals surface area contributed by atoms with Crippen molar-refractivity contribution in [2.45, 2.75) is 19.8 Å². The Hall–Kier alpha value is -2.35. The van der Waals surface area contributed by atoms with E-state index in [0.29, 0.717) is 41.7 Å². The molecule has 0 radical (unpaired) electrons. The number of pyridine rings is 1. The maximum Gasteiger partial charge on any atom is 0.267 e. The van der Waals surface area contributed by atoms with Gasteiger partial charge in [0.25, 0.3) is 11.8 Å². The number of amides is 2. The second-order valence-electron chi connectivity index (χ2n) is 5.87. The molecule has 0 atom stereocenters. The zero-order valence-electron chi connectivity index (χ0n) is 13.4. The largest absolute Gasteiger partial charge is 0.352 e. The van der Waals surface area contributed by atoms with Gasteiger partial charge in [0.15, 0.2) is 0 Å². The molecule has 126 valence electrons. The summed E-state index contributed by atoms with van der Waals surface area (Å²) in [5, 5.41) is 6.86. The van der Waals surface area contributed by atoms with Gasteiger partial charge in [-0.2, -0.15) is 0 Å². The second-order valence-corrected chi connectivity index (χ2v) is 6.62. The molecule has 2 amide bonds. The van der Waals surface area contributed by atoms with E-state index in [-0.39, 0.29) is 11.8 Å². The average molecular weight is 345 g/mol. The van der Waals surface area contributed by atoms with Crippen LogP contribution in [0.5, 0.6) is 0 Å². The predicted octanol–water partition coefficient (Wildman–Crippen LogP) is 1.52. The molecule has 1 N–H and O–H groups in total. The maximum atomic E-state index is 12.4. The van der Waals surface area contributed by atoms with Crippen molar-refractivity contribution in [1.29, 1.82) is 0 Å². The van der Waals surface area contributed by atoms with E-state index in [4.69, 9.17) is 0 Å². The smallest absolute Gasteiger partial charge is 0.267 e. The number of nitrogens with one attached hydrogen (secondary N) is 1. The van der Waals surface area contributed by atoms with Crippen molar-refractivity contribution in [2.24, 2.45) is 5.92 Å². The summed E-state index contributed by atoms with van der Waals surface area (Å²) in [5.41, 5.74) is 1.31. The highest BCUT2D eigenvalue weighted by molar-refractivity contribution is 7.07. The van der Waals surface area contributed by atoms with E-state index in [1.54, 1.807) is 31.5 Å². The number of carbonyl (C=O) groups is 2. The van der Waals surface area contributed by atoms with Gasteiger partial charge in [-0.3, -0.25) is 14.6 Å². The standard InChI is InChI=1S/C16H19N5O2S/c1-11-14(24-20-19-11)16(23)21-8-4-12(5-9-21)10-18-15(22)13-2-6-17-7-3-13/h2-3,6-7,12H,4-5,8-10H2,1H3,(H,18,22). The van der Waals surface area contributed by atoms with Crippen LogP contribution >= 0.6 is 11.5 Å². The summed E-state index contributed by atoms with van der Waals surface area (Å²) in [6, 6.07) is 3.39. The van der Waals surface area contributed by atoms with Crippen LogP contribution in [0, 0.1) is 12.8 Å². The SMILES string of the molecule is Cc1nnsc1C(=O)N1CCC(CNC(=O)c2ccncc2)CC1. The quantitative estimate of drug-likeness (QED) is 0.908. The van der Waals surface area contributed by atoms with E-state index < -0.39 is 0 Å². The van der Waals surface area contributed by atoms with Crippen LogP contribution in [-0.4, -0.2) is 50.9 Å². The van der Waals surface area contributed by atoms with Gasteiger partial charge < -0.3 is 10.2 Å². The Labute approximate surface area is 144 Å². The van der Waals surface area contributed by atoms with Gasteiger partial charge in [-0.25, -0.2) is 0 Å². The van der Waals surface area contributed by atoms with Crippen LogP contribution in [0.4, 0.5) is 0 Å². The minimum atomic E-state index is -0.0812. The number of piperidine rings is 1. The van der Waals surface area contributed by atoms with E-state index in [2.05, 4.69) is 19.9 Å². The maximum absolute atomic E-state index is 12.4. The summed E-state index contributed by atoms with van der Waals surface area (Å²) >= 11 is 1.15. The van der Waals surface area contributed by atoms with Crippen LogP contribution in [0.25, 0.3) is 0 Å². The van der Waals surface area contributed by atoms with Crippen molar-refractivity contribution < 1.29 is 9.59 Å². The van der Waals surface area contributed by atoms with Crippen molar-refractivity contribution in [3.05, 3.63) is 40.7 Å². The molecule has 0 aliphatic carbocycles. The zero-order valence-corrected chi connectivity index (χ0v) is 14.3. The van der Waals surface area contributed by atoms with Crippen LogP contribution in [0.3, 0.4) is 0 Å². The normalized spacial score (nSPS) is 15.3. The Morgan fingerprint density at radius 3 is 2.62 bits per heavy atom. The lowest BCUT2D eigenvalue weighted by molar-refractivity contribution is 0.0688. The third kappa shape index (κ3) is 3.76. The van der Waals surface area contributed by atoms with Crippen LogP contribution in [-0.2, 0) is 0 Å². The van der Waals surface area contributed by atoms with Gasteiger partial charge in [-0.1, -0.05) is 4.49 Å². The molecule has 2 aromatic rings. The van der Waals surface area contributed by atoms with Crippen molar-refractivity contribution in [1.82, 2.24) is 24.8 Å². The van der Waals surface area contributed by atoms with E-state index in [1.807, 2.05) is 4.90 Å². The Morgan fingerprint density at radius 1 is 1.29 bits per heavy atom. The molecule has 0 unspecified atom stereocenters. The van der Waals surface area contributed by atoms with Gasteiger partial charge in [0, 0.05) is 37.6 Å². The number of nitrogens with zero attached hydrogens (tertiary/aromatic N) is 4. The first-order valence-electron chi connectivity index (χ1n) is 7.91. The predicted molar refractivity (Wildman–Crippen MR) is 89.8 cm³/mol. The first-order chi connectivity index (χ1) is 11.6. The van der Waals surface area contributed by atoms with Gasteiger partial charge in [0.05, 0.1) is 5.69 Å². The summed E-state index contributed by atoms with van der Waals surface area (Å²) in [5.74, 6) is 0.324. The van der Waals surface area contributed by atoms with Gasteiger partial charge >= 0.3 is 0 Å². The monoisotopic (exact) mass is 345 g/mol. The molecule has 0 saturated carbocycles. The van der Waals surface area contributed by atoms with Crippen molar-refractivity contribution in [2.75, 3.05) is 19.6 Å². The molecule has 3 rings (SSSR count). The summed E-state index contributed by atoms with van der Waals surface area (Å²) in [4.78, 5) is 30.8. The fourth-order valence-electron chi connectivity index (χ4n) is 2.75. The molecule has 1 fully saturated rings. The summed E-state index contributed by atoms with van der Waals surface area (Å²) in [6.45, 7) is 3.83. The molecular formula is C16H19N5O2S. The topological polar surface area (TPSA) is 88.1 Å². The Morgan fingerprint density at radius 2 is 2.00 bits per heavy atom. The van der Waals surface area contributed by atoms with Gasteiger partial charge in [0.2, 0.25) is 0 Å². The minimum Gasteiger partial charge on any atom is -0.352 e. The number of aryl methyl sites for hydroxylation is 1. The second kappa shape index (κ2) is 7.48. The van der Waals surface area contributed by atoms with E-state index in [1.165, 1.54) is 0 Å². The van der Waals surface area contributed by atoms with Crippen LogP contribution in [0.15, 0.2) is 24.5 Å². The fourth-order valence-corrected chi connectivity index (χ4v) is 3.38. The minimum absolute atomic E-state index is 0.0155. The zero-order chi connectivity index (χ0) is 16.9. The Balaban J connectivity index is 1.46. The lowest BCUT2D eigenvalue weighted by atomic mass is 9.96. The van der Waals surface area contributed by atoms with Crippen LogP contribution < -0.4 is 5.32 Å². The van der Waals surface area contributed by atoms with E-state index >= 15 is 0 Å². The summed E-state index contributed by atoms with van der Waals surface area (Å²) in [6.07, 6.45) is 4.98. The highest BCUT2D eigenvalue weighted by Gasteiger charge is 2.26. The lowest BCUT2D eigenvalue weighted by Crippen LogP contribution is -2.41. The summed E-state index contributed by atoms with van der Waals surface area (Å²) in [7, 11) is 0. The van der Waals surface area contributed by atoms with Gasteiger partial charge in [-0.15, -0.1) is 5.10 Å². The molecule has 0 bridgehead atoms. The fraction of sp³-hybridized carbons (Fsp3) is 0.438. The molecule has 7 nitrogen and oxygen atoms in total. The number of carbonyl (C=O) groups excluding carboxylic acids is 2. The molecule has 1 saturated heterocycles. The number of likely N-dealkylation sites (tertiary alicyclic amines) is 1. The Bertz CT molecular complexity index is 710. The van der Waals surface area contributed by atoms with E-state index in [9.17, 15) is 9.59 Å². The third-order valence-corrected chi connectivity index (χ3v) is 5.06. The highest BCUT2D eigenvalue weighted by Crippen LogP contribution is 2.20. The molecular weight excluding hydrogens is 326 g/mol. The number of hydrogen-bond acceptors (Lipinski definition) is 6. The van der Waals surface area contributed by atoms with Crippen molar-refractivity contribution in [3.63, 3.8) is 0 Å². The number of rotatable bonds is 4. The molecule has 1 aliphatic heterocycles. The summed E-state index contributed by atoms with van der Waals surface area (Å²) < 4.78 is 3.82. The van der Waals surface area contributed by atoms with Gasteiger partial charge in [0.1, 0.15) is 4.88 Å². The molecule has 0 spiro atoms. The van der Waals surface area contributed by atoms with Crippen LogP contribution in [0.2, 0.25) is 0 Å². The molecule has 1 aliphatic rings.